The molecule has 6 rings (SSSR count). The number of halogens is 1. The lowest BCUT2D eigenvalue weighted by Crippen LogP contribution is -2.36. The molecule has 0 saturated carbocycles. The Hall–Kier alpha value is -3.81. The molecule has 0 atom stereocenters. The number of anilines is 2. The minimum Gasteiger partial charge on any atom is -0.456 e. The molecular formula is C28H25ClN4O3. The number of hydrogen-bond acceptors (Lipinski definition) is 6. The van der Waals surface area contributed by atoms with E-state index in [2.05, 4.69) is 32.3 Å². The molecule has 4 aromatic rings. The molecule has 0 spiro atoms. The van der Waals surface area contributed by atoms with Crippen LogP contribution in [0.1, 0.15) is 16.7 Å². The summed E-state index contributed by atoms with van der Waals surface area (Å²) in [5, 5.41) is 3.93. The summed E-state index contributed by atoms with van der Waals surface area (Å²) >= 11 is 5.88. The van der Waals surface area contributed by atoms with Crippen molar-refractivity contribution in [2.45, 2.75) is 13.0 Å². The Labute approximate surface area is 213 Å². The first kappa shape index (κ1) is 22.6. The van der Waals surface area contributed by atoms with Gasteiger partial charge in [0.05, 0.1) is 18.9 Å². The molecule has 1 saturated heterocycles. The van der Waals surface area contributed by atoms with Crippen LogP contribution >= 0.6 is 11.6 Å². The fourth-order valence-electron chi connectivity index (χ4n) is 4.69. The number of rotatable bonds is 5. The Bertz CT molecular complexity index is 1460. The molecule has 4 heterocycles. The van der Waals surface area contributed by atoms with Crippen molar-refractivity contribution in [1.82, 2.24) is 9.97 Å². The van der Waals surface area contributed by atoms with Crippen molar-refractivity contribution >= 4 is 23.0 Å². The lowest BCUT2D eigenvalue weighted by Gasteiger charge is -2.29. The van der Waals surface area contributed by atoms with E-state index >= 15 is 0 Å². The number of H-pyrrole nitrogens is 1. The van der Waals surface area contributed by atoms with E-state index in [1.807, 2.05) is 36.4 Å². The van der Waals surface area contributed by atoms with Gasteiger partial charge in [-0.1, -0.05) is 29.8 Å². The molecule has 0 radical (unpaired) electrons. The Morgan fingerprint density at radius 3 is 2.75 bits per heavy atom. The fraction of sp³-hybridized carbons (Fsp3) is 0.214. The number of morpholine rings is 1. The zero-order chi connectivity index (χ0) is 24.5. The highest BCUT2D eigenvalue weighted by molar-refractivity contribution is 6.29. The van der Waals surface area contributed by atoms with Crippen molar-refractivity contribution in [3.05, 3.63) is 99.1 Å². The molecule has 2 aliphatic heterocycles. The first-order valence-electron chi connectivity index (χ1n) is 12.0. The van der Waals surface area contributed by atoms with Crippen molar-refractivity contribution in [1.29, 1.82) is 0 Å². The quantitative estimate of drug-likeness (QED) is 0.321. The van der Waals surface area contributed by atoms with E-state index in [9.17, 15) is 4.79 Å². The van der Waals surface area contributed by atoms with Gasteiger partial charge in [0.2, 0.25) is 5.56 Å². The van der Waals surface area contributed by atoms with Crippen LogP contribution in [-0.4, -0.2) is 36.3 Å². The third-order valence-corrected chi connectivity index (χ3v) is 6.75. The average molecular weight is 501 g/mol. The van der Waals surface area contributed by atoms with E-state index < -0.39 is 0 Å². The van der Waals surface area contributed by atoms with Gasteiger partial charge in [-0.05, 0) is 47.5 Å². The van der Waals surface area contributed by atoms with Gasteiger partial charge in [0.1, 0.15) is 16.7 Å². The SMILES string of the molecule is O=c1cc(N2CCOCC2)cc(-c2cccc3c2Oc2ccc(NCc4ccc(Cl)nc4)cc2C3)[nH]1. The van der Waals surface area contributed by atoms with Crippen LogP contribution in [0.4, 0.5) is 11.4 Å². The van der Waals surface area contributed by atoms with Gasteiger partial charge >= 0.3 is 0 Å². The molecule has 182 valence electrons. The molecular weight excluding hydrogens is 476 g/mol. The smallest absolute Gasteiger partial charge is 0.250 e. The molecule has 0 bridgehead atoms. The normalized spacial score (nSPS) is 14.5. The Kier molecular flexibility index (Phi) is 6.09. The number of benzene rings is 2. The van der Waals surface area contributed by atoms with E-state index in [1.165, 1.54) is 0 Å². The van der Waals surface area contributed by atoms with Crippen LogP contribution in [0, 0.1) is 0 Å². The topological polar surface area (TPSA) is 79.5 Å². The van der Waals surface area contributed by atoms with Crippen LogP contribution in [0.3, 0.4) is 0 Å². The second-order valence-electron chi connectivity index (χ2n) is 8.95. The standard InChI is InChI=1S/C28H25ClN4O3/c29-26-7-4-18(17-31-26)16-30-21-5-6-25-20(13-21)12-19-2-1-3-23(28(19)36-25)24-14-22(15-27(34)32-24)33-8-10-35-11-9-33/h1-7,13-15,17,30H,8-12,16H2,(H,32,34). The third-order valence-electron chi connectivity index (χ3n) is 6.53. The van der Waals surface area contributed by atoms with Gasteiger partial charge in [0, 0.05) is 60.8 Å². The molecule has 0 aliphatic carbocycles. The average Bonchev–Trinajstić information content (AvgIpc) is 2.91. The molecule has 2 aromatic heterocycles. The van der Waals surface area contributed by atoms with Gasteiger partial charge in [-0.25, -0.2) is 4.98 Å². The summed E-state index contributed by atoms with van der Waals surface area (Å²) in [4.78, 5) is 21.9. The molecule has 0 unspecified atom stereocenters. The summed E-state index contributed by atoms with van der Waals surface area (Å²) in [5.41, 5.74) is 6.64. The zero-order valence-corrected chi connectivity index (χ0v) is 20.3. The maximum Gasteiger partial charge on any atom is 0.250 e. The fourth-order valence-corrected chi connectivity index (χ4v) is 4.80. The van der Waals surface area contributed by atoms with E-state index in [4.69, 9.17) is 21.1 Å². The van der Waals surface area contributed by atoms with E-state index in [0.717, 1.165) is 70.3 Å². The van der Waals surface area contributed by atoms with Crippen molar-refractivity contribution in [2.24, 2.45) is 0 Å². The van der Waals surface area contributed by atoms with Crippen LogP contribution in [0.15, 0.2) is 71.7 Å². The van der Waals surface area contributed by atoms with Crippen LogP contribution in [0.2, 0.25) is 5.15 Å². The highest BCUT2D eigenvalue weighted by Crippen LogP contribution is 2.43. The Morgan fingerprint density at radius 2 is 1.92 bits per heavy atom. The summed E-state index contributed by atoms with van der Waals surface area (Å²) in [6.45, 7) is 3.51. The molecule has 7 nitrogen and oxygen atoms in total. The molecule has 36 heavy (non-hydrogen) atoms. The number of ether oxygens (including phenoxy) is 2. The van der Waals surface area contributed by atoms with Crippen LogP contribution in [0.25, 0.3) is 11.3 Å². The predicted molar refractivity (Wildman–Crippen MR) is 141 cm³/mol. The minimum atomic E-state index is -0.130. The number of fused-ring (bicyclic) bond motifs is 2. The number of aromatic nitrogens is 2. The maximum atomic E-state index is 12.5. The molecule has 1 fully saturated rings. The summed E-state index contributed by atoms with van der Waals surface area (Å²) in [6, 6.07) is 19.6. The molecule has 8 heteroatoms. The maximum absolute atomic E-state index is 12.5. The van der Waals surface area contributed by atoms with Crippen molar-refractivity contribution < 1.29 is 9.47 Å². The monoisotopic (exact) mass is 500 g/mol. The second kappa shape index (κ2) is 9.68. The number of aromatic amines is 1. The highest BCUT2D eigenvalue weighted by Gasteiger charge is 2.22. The Balaban J connectivity index is 1.26. The van der Waals surface area contributed by atoms with Gasteiger partial charge < -0.3 is 24.7 Å². The number of pyridine rings is 2. The van der Waals surface area contributed by atoms with Gasteiger partial charge in [0.15, 0.2) is 0 Å². The predicted octanol–water partition coefficient (Wildman–Crippen LogP) is 5.24. The lowest BCUT2D eigenvalue weighted by molar-refractivity contribution is 0.122. The van der Waals surface area contributed by atoms with Crippen molar-refractivity contribution in [2.75, 3.05) is 36.5 Å². The van der Waals surface area contributed by atoms with Crippen LogP contribution in [0.5, 0.6) is 11.5 Å². The first-order chi connectivity index (χ1) is 17.6. The summed E-state index contributed by atoms with van der Waals surface area (Å²) in [7, 11) is 0. The second-order valence-corrected chi connectivity index (χ2v) is 9.34. The lowest BCUT2D eigenvalue weighted by atomic mass is 9.96. The zero-order valence-electron chi connectivity index (χ0n) is 19.6. The van der Waals surface area contributed by atoms with E-state index in [1.54, 1.807) is 18.3 Å². The number of nitrogens with zero attached hydrogens (tertiary/aromatic N) is 2. The summed E-state index contributed by atoms with van der Waals surface area (Å²) < 4.78 is 11.9. The van der Waals surface area contributed by atoms with Crippen LogP contribution in [-0.2, 0) is 17.7 Å². The molecule has 2 N–H and O–H groups in total. The number of para-hydroxylation sites is 1. The summed E-state index contributed by atoms with van der Waals surface area (Å²) in [5.74, 6) is 1.60. The molecule has 2 aromatic carbocycles. The van der Waals surface area contributed by atoms with Crippen LogP contribution < -0.4 is 20.5 Å². The first-order valence-corrected chi connectivity index (χ1v) is 12.3. The number of hydrogen-bond donors (Lipinski definition) is 2. The van der Waals surface area contributed by atoms with Gasteiger partial charge in [-0.3, -0.25) is 4.79 Å². The van der Waals surface area contributed by atoms with Gasteiger partial charge in [-0.15, -0.1) is 0 Å². The third kappa shape index (κ3) is 4.67. The Morgan fingerprint density at radius 1 is 1.03 bits per heavy atom. The van der Waals surface area contributed by atoms with E-state index in [-0.39, 0.29) is 5.56 Å². The van der Waals surface area contributed by atoms with Gasteiger partial charge in [-0.2, -0.15) is 0 Å². The largest absolute Gasteiger partial charge is 0.456 e. The van der Waals surface area contributed by atoms with Gasteiger partial charge in [0.25, 0.3) is 0 Å². The molecule has 2 aliphatic rings. The van der Waals surface area contributed by atoms with Crippen molar-refractivity contribution in [3.8, 4) is 22.8 Å². The van der Waals surface area contributed by atoms with Crippen molar-refractivity contribution in [3.63, 3.8) is 0 Å². The molecule has 0 amide bonds. The summed E-state index contributed by atoms with van der Waals surface area (Å²) in [6.07, 6.45) is 2.51. The number of nitrogens with one attached hydrogen (secondary N) is 2. The highest BCUT2D eigenvalue weighted by atomic mass is 35.5. The van der Waals surface area contributed by atoms with E-state index in [0.29, 0.717) is 24.9 Å². The minimum absolute atomic E-state index is 0.130.